The highest BCUT2D eigenvalue weighted by atomic mass is 32.1. The predicted molar refractivity (Wildman–Crippen MR) is 73.3 cm³/mol. The Kier molecular flexibility index (Phi) is 7.96. The number of thiol groups is 1. The highest BCUT2D eigenvalue weighted by Crippen LogP contribution is 2.37. The van der Waals surface area contributed by atoms with E-state index in [0.29, 0.717) is 0 Å². The summed E-state index contributed by atoms with van der Waals surface area (Å²) in [6.45, 7) is 0.934. The molecule has 0 aromatic heterocycles. The molecule has 6 nitrogen and oxygen atoms in total. The Hall–Kier alpha value is -1.76. The van der Waals surface area contributed by atoms with E-state index in [1.54, 1.807) is 0 Å². The number of halogens is 6. The molecule has 144 valence electrons. The summed E-state index contributed by atoms with van der Waals surface area (Å²) in [6.07, 6.45) is -7.20. The Morgan fingerprint density at radius 3 is 2.04 bits per heavy atom. The molecule has 0 bridgehead atoms. The molecular formula is C12H13F6NO5S. The van der Waals surface area contributed by atoms with Crippen LogP contribution < -0.4 is 5.32 Å². The van der Waals surface area contributed by atoms with Gasteiger partial charge in [0.15, 0.2) is 0 Å². The third kappa shape index (κ3) is 7.34. The Morgan fingerprint density at radius 1 is 1.16 bits per heavy atom. The smallest absolute Gasteiger partial charge is 0.410 e. The van der Waals surface area contributed by atoms with Gasteiger partial charge in [-0.15, -0.1) is 12.6 Å². The van der Waals surface area contributed by atoms with Gasteiger partial charge >= 0.3 is 23.8 Å². The van der Waals surface area contributed by atoms with Gasteiger partial charge in [-0.2, -0.15) is 26.3 Å². The molecule has 0 aromatic rings. The van der Waals surface area contributed by atoms with Gasteiger partial charge in [0.1, 0.15) is 5.78 Å². The monoisotopic (exact) mass is 397 g/mol. The summed E-state index contributed by atoms with van der Waals surface area (Å²) < 4.78 is 85.6. The number of carbonyl (C=O) groups is 3. The van der Waals surface area contributed by atoms with Crippen LogP contribution in [0.5, 0.6) is 0 Å². The van der Waals surface area contributed by atoms with Crippen molar-refractivity contribution in [2.45, 2.75) is 30.6 Å². The number of ether oxygens (including phenoxy) is 2. The first-order valence-corrected chi connectivity index (χ1v) is 6.73. The normalized spacial score (nSPS) is 14.4. The number of ketones is 1. The number of rotatable bonds is 9. The van der Waals surface area contributed by atoms with Gasteiger partial charge in [-0.25, -0.2) is 4.79 Å². The van der Waals surface area contributed by atoms with Crippen LogP contribution in [-0.2, 0) is 23.9 Å². The summed E-state index contributed by atoms with van der Waals surface area (Å²) in [5.74, 6) is -11.8. The summed E-state index contributed by atoms with van der Waals surface area (Å²) in [6, 6.07) is 0. The molecule has 0 saturated carbocycles. The molecule has 25 heavy (non-hydrogen) atoms. The molecule has 0 fully saturated rings. The lowest BCUT2D eigenvalue weighted by molar-refractivity contribution is -0.348. The summed E-state index contributed by atoms with van der Waals surface area (Å²) >= 11 is 2.76. The zero-order valence-corrected chi connectivity index (χ0v) is 13.5. The van der Waals surface area contributed by atoms with Crippen molar-refractivity contribution in [3.63, 3.8) is 0 Å². The second-order valence-electron chi connectivity index (χ2n) is 4.56. The van der Waals surface area contributed by atoms with Gasteiger partial charge in [-0.3, -0.25) is 9.59 Å². The zero-order chi connectivity index (χ0) is 20.1. The number of carbonyl (C=O) groups excluding carboxylic acids is 3. The van der Waals surface area contributed by atoms with Crippen LogP contribution in [0.4, 0.5) is 26.3 Å². The van der Waals surface area contributed by atoms with Crippen molar-refractivity contribution in [1.82, 2.24) is 5.32 Å². The van der Waals surface area contributed by atoms with E-state index in [-0.39, 0.29) is 0 Å². The lowest BCUT2D eigenvalue weighted by Gasteiger charge is -2.33. The standard InChI is InChI=1S/C12H13F6NO5S/c1-6(20)5-19-9(22)11(12(16,17)18,24-8(21)7(2)13)23-4-3-10(14,15)25/h25H,2-5H2,1H3,(H,19,22). The molecule has 0 aromatic carbocycles. The summed E-state index contributed by atoms with van der Waals surface area (Å²) in [5, 5.41) is -2.31. The molecule has 1 N–H and O–H groups in total. The molecule has 0 aliphatic heterocycles. The first kappa shape index (κ1) is 23.2. The zero-order valence-electron chi connectivity index (χ0n) is 12.6. The average molecular weight is 397 g/mol. The van der Waals surface area contributed by atoms with Crippen molar-refractivity contribution in [1.29, 1.82) is 0 Å². The number of esters is 1. The van der Waals surface area contributed by atoms with Gasteiger partial charge in [0, 0.05) is 6.42 Å². The molecule has 0 heterocycles. The summed E-state index contributed by atoms with van der Waals surface area (Å²) in [5.41, 5.74) is 0. The Bertz CT molecular complexity index is 547. The average Bonchev–Trinajstić information content (AvgIpc) is 2.40. The topological polar surface area (TPSA) is 81.7 Å². The maximum atomic E-state index is 13.3. The SMILES string of the molecule is C=C(F)C(=O)OC(OCCC(F)(F)S)(C(=O)NCC(C)=O)C(F)(F)F. The van der Waals surface area contributed by atoms with Crippen molar-refractivity contribution in [2.24, 2.45) is 0 Å². The van der Waals surface area contributed by atoms with Crippen LogP contribution in [0.25, 0.3) is 0 Å². The van der Waals surface area contributed by atoms with E-state index in [2.05, 4.69) is 28.7 Å². The molecule has 0 spiro atoms. The van der Waals surface area contributed by atoms with E-state index in [1.807, 2.05) is 0 Å². The van der Waals surface area contributed by atoms with E-state index in [9.17, 15) is 40.7 Å². The van der Waals surface area contributed by atoms with Crippen molar-refractivity contribution in [3.05, 3.63) is 12.4 Å². The first-order valence-electron chi connectivity index (χ1n) is 6.29. The second-order valence-corrected chi connectivity index (χ2v) is 5.21. The highest BCUT2D eigenvalue weighted by Gasteiger charge is 2.66. The van der Waals surface area contributed by atoms with E-state index >= 15 is 0 Å². The van der Waals surface area contributed by atoms with Gasteiger partial charge in [0.2, 0.25) is 5.83 Å². The van der Waals surface area contributed by atoms with E-state index < -0.39 is 60.3 Å². The summed E-state index contributed by atoms with van der Waals surface area (Å²) in [7, 11) is 0. The Morgan fingerprint density at radius 2 is 1.68 bits per heavy atom. The molecule has 0 saturated heterocycles. The third-order valence-electron chi connectivity index (χ3n) is 2.34. The van der Waals surface area contributed by atoms with Crippen LogP contribution in [0.2, 0.25) is 0 Å². The molecule has 0 aliphatic rings. The van der Waals surface area contributed by atoms with Crippen LogP contribution in [0, 0.1) is 0 Å². The van der Waals surface area contributed by atoms with Crippen LogP contribution in [0.1, 0.15) is 13.3 Å². The molecule has 1 atom stereocenters. The van der Waals surface area contributed by atoms with Crippen LogP contribution in [-0.4, -0.2) is 48.0 Å². The van der Waals surface area contributed by atoms with Crippen LogP contribution in [0.15, 0.2) is 12.4 Å². The van der Waals surface area contributed by atoms with Gasteiger partial charge in [-0.1, -0.05) is 6.58 Å². The van der Waals surface area contributed by atoms with Gasteiger partial charge in [0.25, 0.3) is 5.25 Å². The fourth-order valence-corrected chi connectivity index (χ4v) is 1.33. The molecule has 13 heteroatoms. The number of amides is 1. The van der Waals surface area contributed by atoms with Gasteiger partial charge < -0.3 is 14.8 Å². The minimum atomic E-state index is -5.80. The summed E-state index contributed by atoms with van der Waals surface area (Å²) in [4.78, 5) is 33.7. The highest BCUT2D eigenvalue weighted by molar-refractivity contribution is 7.81. The fourth-order valence-electron chi connectivity index (χ4n) is 1.23. The quantitative estimate of drug-likeness (QED) is 0.204. The molecule has 0 rings (SSSR count). The van der Waals surface area contributed by atoms with Gasteiger partial charge in [0.05, 0.1) is 13.2 Å². The van der Waals surface area contributed by atoms with Crippen LogP contribution in [0.3, 0.4) is 0 Å². The third-order valence-corrected chi connectivity index (χ3v) is 2.56. The number of alkyl halides is 5. The number of hydrogen-bond acceptors (Lipinski definition) is 6. The number of nitrogens with one attached hydrogen (secondary N) is 1. The predicted octanol–water partition coefficient (Wildman–Crippen LogP) is 1.91. The van der Waals surface area contributed by atoms with Crippen molar-refractivity contribution < 1.29 is 50.2 Å². The van der Waals surface area contributed by atoms with Crippen LogP contribution >= 0.6 is 12.6 Å². The maximum Gasteiger partial charge on any atom is 0.466 e. The van der Waals surface area contributed by atoms with Gasteiger partial charge in [-0.05, 0) is 6.92 Å². The van der Waals surface area contributed by atoms with E-state index in [4.69, 9.17) is 0 Å². The van der Waals surface area contributed by atoms with Crippen molar-refractivity contribution >= 4 is 30.3 Å². The minimum absolute atomic E-state index is 0.785. The number of hydrogen-bond donors (Lipinski definition) is 2. The Balaban J connectivity index is 5.72. The van der Waals surface area contributed by atoms with Crippen molar-refractivity contribution in [2.75, 3.05) is 13.2 Å². The molecular weight excluding hydrogens is 384 g/mol. The van der Waals surface area contributed by atoms with E-state index in [1.165, 1.54) is 5.32 Å². The first-order chi connectivity index (χ1) is 11.1. The second kappa shape index (κ2) is 8.56. The molecule has 0 radical (unpaired) electrons. The Labute approximate surface area is 142 Å². The molecule has 1 amide bonds. The molecule has 0 aliphatic carbocycles. The van der Waals surface area contributed by atoms with Crippen molar-refractivity contribution in [3.8, 4) is 0 Å². The molecule has 1 unspecified atom stereocenters. The largest absolute Gasteiger partial charge is 0.466 e. The maximum absolute atomic E-state index is 13.3. The van der Waals surface area contributed by atoms with E-state index in [0.717, 1.165) is 6.92 Å². The fraction of sp³-hybridized carbons (Fsp3) is 0.583. The lowest BCUT2D eigenvalue weighted by Crippen LogP contribution is -2.62. The number of Topliss-reactive ketones (excluding diaryl/α,β-unsaturated/α-hetero) is 1. The lowest BCUT2D eigenvalue weighted by atomic mass is 10.2. The minimum Gasteiger partial charge on any atom is -0.410 e.